The minimum Gasteiger partial charge on any atom is -0.444 e. The van der Waals surface area contributed by atoms with Crippen LogP contribution in [0.15, 0.2) is 59.5 Å². The van der Waals surface area contributed by atoms with E-state index in [-0.39, 0.29) is 11.3 Å². The number of sulfonamides is 1. The molecule has 0 radical (unpaired) electrons. The van der Waals surface area contributed by atoms with Gasteiger partial charge in [0, 0.05) is 18.7 Å². The molecule has 0 aromatic heterocycles. The van der Waals surface area contributed by atoms with E-state index in [0.717, 1.165) is 5.56 Å². The molecule has 0 saturated carbocycles. The Bertz CT molecular complexity index is 1000. The zero-order valence-electron chi connectivity index (χ0n) is 18.8. The molecule has 0 aliphatic heterocycles. The molecule has 2 aromatic rings. The molecule has 174 valence electrons. The maximum atomic E-state index is 12.9. The van der Waals surface area contributed by atoms with Gasteiger partial charge in [-0.3, -0.25) is 4.79 Å². The van der Waals surface area contributed by atoms with Crippen LogP contribution in [0.1, 0.15) is 39.7 Å². The molecule has 1 unspecified atom stereocenters. The predicted molar refractivity (Wildman–Crippen MR) is 124 cm³/mol. The molecule has 2 aromatic carbocycles. The van der Waals surface area contributed by atoms with Gasteiger partial charge in [-0.2, -0.15) is 0 Å². The van der Waals surface area contributed by atoms with Crippen molar-refractivity contribution < 1.29 is 22.7 Å². The highest BCUT2D eigenvalue weighted by Crippen LogP contribution is 2.15. The van der Waals surface area contributed by atoms with Crippen LogP contribution in [-0.4, -0.2) is 38.6 Å². The standard InChI is InChI=1S/C23H31N3O5S/c1-5-15-24-32(29,30)19-13-11-18(12-14-19)25-21(27)20(16-17-9-7-6-8-10-17)26-22(28)31-23(2,3)4/h6-14,20,24H,5,15-16H2,1-4H3,(H,25,27)(H,26,28). The van der Waals surface area contributed by atoms with E-state index in [0.29, 0.717) is 18.7 Å². The highest BCUT2D eigenvalue weighted by molar-refractivity contribution is 7.89. The molecule has 0 fully saturated rings. The summed E-state index contributed by atoms with van der Waals surface area (Å²) in [6, 6.07) is 14.2. The monoisotopic (exact) mass is 461 g/mol. The largest absolute Gasteiger partial charge is 0.444 e. The average molecular weight is 462 g/mol. The minimum atomic E-state index is -3.59. The lowest BCUT2D eigenvalue weighted by molar-refractivity contribution is -0.118. The first kappa shape index (κ1) is 25.4. The Labute approximate surface area is 189 Å². The zero-order chi connectivity index (χ0) is 23.8. The van der Waals surface area contributed by atoms with E-state index in [1.807, 2.05) is 37.3 Å². The Balaban J connectivity index is 2.13. The van der Waals surface area contributed by atoms with Crippen molar-refractivity contribution in [3.05, 3.63) is 60.2 Å². The molecule has 0 aliphatic rings. The molecule has 9 heteroatoms. The number of anilines is 1. The number of hydrogen-bond donors (Lipinski definition) is 3. The minimum absolute atomic E-state index is 0.108. The summed E-state index contributed by atoms with van der Waals surface area (Å²) in [5.41, 5.74) is 0.575. The quantitative estimate of drug-likeness (QED) is 0.529. The van der Waals surface area contributed by atoms with Crippen molar-refractivity contribution in [2.24, 2.45) is 0 Å². The summed E-state index contributed by atoms with van der Waals surface area (Å²) in [5, 5.41) is 5.35. The van der Waals surface area contributed by atoms with E-state index in [9.17, 15) is 18.0 Å². The number of nitrogens with one attached hydrogen (secondary N) is 3. The lowest BCUT2D eigenvalue weighted by atomic mass is 10.1. The zero-order valence-corrected chi connectivity index (χ0v) is 19.7. The molecule has 3 N–H and O–H groups in total. The Morgan fingerprint density at radius 1 is 1.00 bits per heavy atom. The third kappa shape index (κ3) is 8.32. The summed E-state index contributed by atoms with van der Waals surface area (Å²) in [7, 11) is -3.59. The number of benzene rings is 2. The second-order valence-electron chi connectivity index (χ2n) is 8.30. The third-order valence-corrected chi connectivity index (χ3v) is 5.74. The van der Waals surface area contributed by atoms with E-state index < -0.39 is 33.7 Å². The van der Waals surface area contributed by atoms with Gasteiger partial charge in [-0.1, -0.05) is 37.3 Å². The molecule has 0 bridgehead atoms. The van der Waals surface area contributed by atoms with Crippen molar-refractivity contribution in [2.75, 3.05) is 11.9 Å². The van der Waals surface area contributed by atoms with Crippen LogP contribution in [0.4, 0.5) is 10.5 Å². The summed E-state index contributed by atoms with van der Waals surface area (Å²) in [6.07, 6.45) is 0.247. The number of amides is 2. The normalized spacial score (nSPS) is 12.6. The number of rotatable bonds is 9. The van der Waals surface area contributed by atoms with Crippen molar-refractivity contribution in [2.45, 2.75) is 57.1 Å². The second-order valence-corrected chi connectivity index (χ2v) is 10.1. The van der Waals surface area contributed by atoms with Gasteiger partial charge in [-0.25, -0.2) is 17.9 Å². The topological polar surface area (TPSA) is 114 Å². The number of carbonyl (C=O) groups excluding carboxylic acids is 2. The second kappa shape index (κ2) is 11.1. The van der Waals surface area contributed by atoms with Gasteiger partial charge in [0.2, 0.25) is 15.9 Å². The Hall–Kier alpha value is -2.91. The maximum absolute atomic E-state index is 12.9. The first-order valence-corrected chi connectivity index (χ1v) is 11.9. The molecule has 32 heavy (non-hydrogen) atoms. The van der Waals surface area contributed by atoms with Crippen molar-refractivity contribution in [3.8, 4) is 0 Å². The highest BCUT2D eigenvalue weighted by atomic mass is 32.2. The SMILES string of the molecule is CCCNS(=O)(=O)c1ccc(NC(=O)C(Cc2ccccc2)NC(=O)OC(C)(C)C)cc1. The van der Waals surface area contributed by atoms with Crippen LogP contribution in [0.2, 0.25) is 0 Å². The molecule has 2 rings (SSSR count). The van der Waals surface area contributed by atoms with Crippen LogP contribution < -0.4 is 15.4 Å². The van der Waals surface area contributed by atoms with Gasteiger partial charge in [0.25, 0.3) is 0 Å². The molecule has 8 nitrogen and oxygen atoms in total. The van der Waals surface area contributed by atoms with Gasteiger partial charge in [0.05, 0.1) is 4.90 Å². The van der Waals surface area contributed by atoms with E-state index in [1.54, 1.807) is 20.8 Å². The van der Waals surface area contributed by atoms with Crippen LogP contribution in [0.3, 0.4) is 0 Å². The van der Waals surface area contributed by atoms with Gasteiger partial charge in [-0.05, 0) is 57.0 Å². The smallest absolute Gasteiger partial charge is 0.408 e. The summed E-state index contributed by atoms with van der Waals surface area (Å²) in [5.74, 6) is -0.445. The summed E-state index contributed by atoms with van der Waals surface area (Å²) in [4.78, 5) is 25.3. The average Bonchev–Trinajstić information content (AvgIpc) is 2.71. The summed E-state index contributed by atoms with van der Waals surface area (Å²) in [6.45, 7) is 7.44. The predicted octanol–water partition coefficient (Wildman–Crippen LogP) is 3.45. The molecule has 0 saturated heterocycles. The fraction of sp³-hybridized carbons (Fsp3) is 0.391. The summed E-state index contributed by atoms with van der Waals surface area (Å²) >= 11 is 0. The number of ether oxygens (including phenoxy) is 1. The molecule has 0 aliphatic carbocycles. The molecule has 2 amide bonds. The molecule has 0 heterocycles. The van der Waals surface area contributed by atoms with Crippen LogP contribution in [0, 0.1) is 0 Å². The Morgan fingerprint density at radius 3 is 2.19 bits per heavy atom. The van der Waals surface area contributed by atoms with Crippen LogP contribution in [0.5, 0.6) is 0 Å². The van der Waals surface area contributed by atoms with Crippen LogP contribution >= 0.6 is 0 Å². The lowest BCUT2D eigenvalue weighted by Crippen LogP contribution is -2.47. The molecular weight excluding hydrogens is 430 g/mol. The van der Waals surface area contributed by atoms with Gasteiger partial charge in [-0.15, -0.1) is 0 Å². The van der Waals surface area contributed by atoms with E-state index in [1.165, 1.54) is 24.3 Å². The first-order chi connectivity index (χ1) is 15.0. The first-order valence-electron chi connectivity index (χ1n) is 10.4. The molecule has 1 atom stereocenters. The highest BCUT2D eigenvalue weighted by Gasteiger charge is 2.25. The van der Waals surface area contributed by atoms with Gasteiger partial charge in [0.15, 0.2) is 0 Å². The molecule has 0 spiro atoms. The van der Waals surface area contributed by atoms with Gasteiger partial charge < -0.3 is 15.4 Å². The summed E-state index contributed by atoms with van der Waals surface area (Å²) < 4.78 is 32.2. The third-order valence-electron chi connectivity index (χ3n) is 4.26. The van der Waals surface area contributed by atoms with Crippen LogP contribution in [-0.2, 0) is 26.0 Å². The van der Waals surface area contributed by atoms with E-state index >= 15 is 0 Å². The number of carbonyl (C=O) groups is 2. The maximum Gasteiger partial charge on any atom is 0.408 e. The van der Waals surface area contributed by atoms with Crippen LogP contribution in [0.25, 0.3) is 0 Å². The van der Waals surface area contributed by atoms with Crippen molar-refractivity contribution in [3.63, 3.8) is 0 Å². The van der Waals surface area contributed by atoms with Gasteiger partial charge >= 0.3 is 6.09 Å². The molecular formula is C23H31N3O5S. The van der Waals surface area contributed by atoms with E-state index in [4.69, 9.17) is 4.74 Å². The van der Waals surface area contributed by atoms with Crippen molar-refractivity contribution in [1.29, 1.82) is 0 Å². The fourth-order valence-corrected chi connectivity index (χ4v) is 3.91. The number of hydrogen-bond acceptors (Lipinski definition) is 5. The number of alkyl carbamates (subject to hydrolysis) is 1. The van der Waals surface area contributed by atoms with Crippen molar-refractivity contribution >= 4 is 27.7 Å². The van der Waals surface area contributed by atoms with Crippen molar-refractivity contribution in [1.82, 2.24) is 10.0 Å². The lowest BCUT2D eigenvalue weighted by Gasteiger charge is -2.23. The Kier molecular flexibility index (Phi) is 8.80. The van der Waals surface area contributed by atoms with E-state index in [2.05, 4.69) is 15.4 Å². The Morgan fingerprint density at radius 2 is 1.62 bits per heavy atom. The fourth-order valence-electron chi connectivity index (χ4n) is 2.78. The van der Waals surface area contributed by atoms with Gasteiger partial charge in [0.1, 0.15) is 11.6 Å².